The topological polar surface area (TPSA) is 123 Å². The molecule has 4 rings (SSSR count). The lowest BCUT2D eigenvalue weighted by molar-refractivity contribution is -0.152. The molecule has 180 valence electrons. The van der Waals surface area contributed by atoms with Gasteiger partial charge in [-0.25, -0.2) is 4.39 Å². The maximum Gasteiger partial charge on any atom is 0.309 e. The van der Waals surface area contributed by atoms with E-state index in [4.69, 9.17) is 10.5 Å². The molecule has 2 aromatic carbocycles. The van der Waals surface area contributed by atoms with Crippen molar-refractivity contribution in [2.75, 3.05) is 24.1 Å². The summed E-state index contributed by atoms with van der Waals surface area (Å²) in [5.41, 5.74) is 7.27. The van der Waals surface area contributed by atoms with Crippen LogP contribution in [0.4, 0.5) is 22.0 Å². The highest BCUT2D eigenvalue weighted by Gasteiger charge is 2.28. The molecule has 3 N–H and O–H groups in total. The van der Waals surface area contributed by atoms with Crippen molar-refractivity contribution in [2.24, 2.45) is 5.92 Å². The number of nitrogens with one attached hydrogen (secondary N) is 1. The van der Waals surface area contributed by atoms with Crippen molar-refractivity contribution < 1.29 is 18.7 Å². The molecule has 9 nitrogen and oxygen atoms in total. The maximum absolute atomic E-state index is 13.1. The van der Waals surface area contributed by atoms with E-state index in [0.717, 1.165) is 5.56 Å². The molecule has 0 atom stereocenters. The van der Waals surface area contributed by atoms with Crippen LogP contribution in [0.1, 0.15) is 24.2 Å². The summed E-state index contributed by atoms with van der Waals surface area (Å²) in [6.45, 7) is 0.785. The number of nitrogens with two attached hydrogens (primary N) is 1. The van der Waals surface area contributed by atoms with E-state index in [9.17, 15) is 14.0 Å². The fourth-order valence-electron chi connectivity index (χ4n) is 3.65. The van der Waals surface area contributed by atoms with Gasteiger partial charge in [0.15, 0.2) is 12.4 Å². The van der Waals surface area contributed by atoms with Crippen molar-refractivity contribution in [1.82, 2.24) is 19.9 Å². The Balaban J connectivity index is 1.26. The van der Waals surface area contributed by atoms with Gasteiger partial charge in [0.2, 0.25) is 17.8 Å². The number of benzene rings is 2. The number of carbonyl (C=O) groups is 2. The summed E-state index contributed by atoms with van der Waals surface area (Å²) in [6.07, 6.45) is 4.36. The van der Waals surface area contributed by atoms with Crippen LogP contribution in [-0.2, 0) is 20.9 Å². The standard InChI is InChI=1S/C25H25FN6O3/c26-19-7-9-20(10-8-19)28-25-30-21(29-24(27)31-25)16-35-23(34)18-12-14-32(15-13-18)22(33)11-6-17-4-2-1-3-5-17/h1-11,18H,12-16H2,(H3,27,28,29,30,31)/b11-6+. The Morgan fingerprint density at radius 3 is 2.49 bits per heavy atom. The van der Waals surface area contributed by atoms with E-state index in [1.807, 2.05) is 30.3 Å². The molecule has 0 aliphatic carbocycles. The van der Waals surface area contributed by atoms with Gasteiger partial charge >= 0.3 is 5.97 Å². The minimum absolute atomic E-state index is 0.0361. The molecule has 10 heteroatoms. The number of nitrogen functional groups attached to an aromatic ring is 1. The Kier molecular flexibility index (Phi) is 7.61. The minimum atomic E-state index is -0.371. The van der Waals surface area contributed by atoms with E-state index in [1.54, 1.807) is 17.1 Å². The van der Waals surface area contributed by atoms with Crippen LogP contribution in [0.25, 0.3) is 6.08 Å². The van der Waals surface area contributed by atoms with Crippen LogP contribution in [0, 0.1) is 11.7 Å². The number of halogens is 1. The Morgan fingerprint density at radius 1 is 1.06 bits per heavy atom. The number of carbonyl (C=O) groups excluding carboxylic acids is 2. The van der Waals surface area contributed by atoms with Gasteiger partial charge in [-0.15, -0.1) is 0 Å². The number of nitrogens with zero attached hydrogens (tertiary/aromatic N) is 4. The fraction of sp³-hybridized carbons (Fsp3) is 0.240. The molecule has 0 bridgehead atoms. The molecular formula is C25H25FN6O3. The summed E-state index contributed by atoms with van der Waals surface area (Å²) >= 11 is 0. The van der Waals surface area contributed by atoms with Crippen molar-refractivity contribution in [1.29, 1.82) is 0 Å². The maximum atomic E-state index is 13.1. The summed E-state index contributed by atoms with van der Waals surface area (Å²) in [5.74, 6) is -0.817. The first-order valence-electron chi connectivity index (χ1n) is 11.2. The number of hydrogen-bond acceptors (Lipinski definition) is 8. The summed E-state index contributed by atoms with van der Waals surface area (Å²) < 4.78 is 18.5. The number of piperidine rings is 1. The SMILES string of the molecule is Nc1nc(COC(=O)C2CCN(C(=O)/C=C/c3ccccc3)CC2)nc(Nc2ccc(F)cc2)n1. The first-order valence-corrected chi connectivity index (χ1v) is 11.2. The summed E-state index contributed by atoms with van der Waals surface area (Å²) in [5, 5.41) is 2.91. The molecule has 1 aliphatic heterocycles. The average molecular weight is 477 g/mol. The Labute approximate surface area is 201 Å². The number of anilines is 3. The van der Waals surface area contributed by atoms with Gasteiger partial charge in [0.05, 0.1) is 5.92 Å². The zero-order chi connectivity index (χ0) is 24.6. The van der Waals surface area contributed by atoms with Crippen molar-refractivity contribution >= 4 is 35.5 Å². The van der Waals surface area contributed by atoms with Crippen LogP contribution in [0.2, 0.25) is 0 Å². The van der Waals surface area contributed by atoms with E-state index in [1.165, 1.54) is 24.3 Å². The zero-order valence-corrected chi connectivity index (χ0v) is 18.9. The van der Waals surface area contributed by atoms with Crippen molar-refractivity contribution in [3.63, 3.8) is 0 Å². The van der Waals surface area contributed by atoms with Gasteiger partial charge in [-0.1, -0.05) is 30.3 Å². The van der Waals surface area contributed by atoms with E-state index in [2.05, 4.69) is 20.3 Å². The molecule has 0 unspecified atom stereocenters. The van der Waals surface area contributed by atoms with Gasteiger partial charge in [-0.3, -0.25) is 9.59 Å². The second kappa shape index (κ2) is 11.2. The van der Waals surface area contributed by atoms with E-state index >= 15 is 0 Å². The highest BCUT2D eigenvalue weighted by atomic mass is 19.1. The van der Waals surface area contributed by atoms with Gasteiger partial charge < -0.3 is 20.7 Å². The van der Waals surface area contributed by atoms with E-state index in [0.29, 0.717) is 31.6 Å². The monoisotopic (exact) mass is 476 g/mol. The van der Waals surface area contributed by atoms with E-state index < -0.39 is 0 Å². The van der Waals surface area contributed by atoms with Gasteiger partial charge in [-0.05, 0) is 48.7 Å². The number of esters is 1. The van der Waals surface area contributed by atoms with Gasteiger partial charge in [-0.2, -0.15) is 15.0 Å². The predicted octanol–water partition coefficient (Wildman–Crippen LogP) is 3.33. The van der Waals surface area contributed by atoms with Crippen molar-refractivity contribution in [2.45, 2.75) is 19.4 Å². The number of likely N-dealkylation sites (tertiary alicyclic amines) is 1. The Hall–Kier alpha value is -4.34. The molecule has 2 heterocycles. The second-order valence-electron chi connectivity index (χ2n) is 8.02. The minimum Gasteiger partial charge on any atom is -0.457 e. The first-order chi connectivity index (χ1) is 17.0. The smallest absolute Gasteiger partial charge is 0.309 e. The number of amides is 1. The predicted molar refractivity (Wildman–Crippen MR) is 128 cm³/mol. The van der Waals surface area contributed by atoms with Crippen LogP contribution >= 0.6 is 0 Å². The van der Waals surface area contributed by atoms with E-state index in [-0.39, 0.29) is 47.9 Å². The Bertz CT molecular complexity index is 1200. The van der Waals surface area contributed by atoms with Gasteiger partial charge in [0, 0.05) is 24.9 Å². The number of hydrogen-bond donors (Lipinski definition) is 2. The second-order valence-corrected chi connectivity index (χ2v) is 8.02. The van der Waals surface area contributed by atoms with Crippen LogP contribution in [0.3, 0.4) is 0 Å². The fourth-order valence-corrected chi connectivity index (χ4v) is 3.65. The average Bonchev–Trinajstić information content (AvgIpc) is 2.87. The lowest BCUT2D eigenvalue weighted by Gasteiger charge is -2.30. The lowest BCUT2D eigenvalue weighted by Crippen LogP contribution is -2.39. The first kappa shape index (κ1) is 23.8. The molecule has 3 aromatic rings. The molecule has 1 fully saturated rings. The van der Waals surface area contributed by atoms with Crippen molar-refractivity contribution in [3.8, 4) is 0 Å². The largest absolute Gasteiger partial charge is 0.457 e. The number of aromatic nitrogens is 3. The van der Waals surface area contributed by atoms with Crippen LogP contribution in [0.15, 0.2) is 60.7 Å². The summed E-state index contributed by atoms with van der Waals surface area (Å²) in [6, 6.07) is 15.3. The lowest BCUT2D eigenvalue weighted by atomic mass is 9.97. The third-order valence-electron chi connectivity index (χ3n) is 5.50. The number of ether oxygens (including phenoxy) is 1. The summed E-state index contributed by atoms with van der Waals surface area (Å²) in [4.78, 5) is 38.9. The molecule has 1 aromatic heterocycles. The highest BCUT2D eigenvalue weighted by molar-refractivity contribution is 5.92. The molecule has 1 saturated heterocycles. The van der Waals surface area contributed by atoms with Crippen LogP contribution in [-0.4, -0.2) is 44.8 Å². The van der Waals surface area contributed by atoms with Crippen LogP contribution < -0.4 is 11.1 Å². The quantitative estimate of drug-likeness (QED) is 0.393. The molecule has 0 radical (unpaired) electrons. The van der Waals surface area contributed by atoms with Crippen LogP contribution in [0.5, 0.6) is 0 Å². The molecule has 0 saturated carbocycles. The highest BCUT2D eigenvalue weighted by Crippen LogP contribution is 2.20. The molecular weight excluding hydrogens is 451 g/mol. The third-order valence-corrected chi connectivity index (χ3v) is 5.50. The zero-order valence-electron chi connectivity index (χ0n) is 18.9. The summed E-state index contributed by atoms with van der Waals surface area (Å²) in [7, 11) is 0. The normalized spacial score (nSPS) is 14.1. The molecule has 0 spiro atoms. The molecule has 1 aliphatic rings. The number of rotatable bonds is 7. The van der Waals surface area contributed by atoms with Gasteiger partial charge in [0.25, 0.3) is 0 Å². The molecule has 35 heavy (non-hydrogen) atoms. The van der Waals surface area contributed by atoms with Crippen molar-refractivity contribution in [3.05, 3.63) is 77.9 Å². The Morgan fingerprint density at radius 2 is 1.77 bits per heavy atom. The third kappa shape index (κ3) is 6.83. The van der Waals surface area contributed by atoms with Gasteiger partial charge in [0.1, 0.15) is 5.82 Å². The molecule has 1 amide bonds.